The molecule has 0 aromatic rings. The Morgan fingerprint density at radius 3 is 2.54 bits per heavy atom. The third-order valence-corrected chi connectivity index (χ3v) is 3.72. The van der Waals surface area contributed by atoms with Gasteiger partial charge in [-0.25, -0.2) is 0 Å². The predicted molar refractivity (Wildman–Crippen MR) is 58.4 cm³/mol. The molecule has 1 unspecified atom stereocenters. The Hall–Kier alpha value is -0.0600. The van der Waals surface area contributed by atoms with E-state index in [9.17, 15) is 0 Å². The summed E-state index contributed by atoms with van der Waals surface area (Å²) in [7, 11) is 2.19. The number of nitrogens with zero attached hydrogens (tertiary/aromatic N) is 3. The quantitative estimate of drug-likeness (QED) is 0.620. The van der Waals surface area contributed by atoms with Crippen LogP contribution in [0.3, 0.4) is 0 Å². The lowest BCUT2D eigenvalue weighted by atomic mass is 10.3. The SMILES string of the molecule is CC1=NC(N2CCN(C)CC2)CS1. The van der Waals surface area contributed by atoms with E-state index in [4.69, 9.17) is 0 Å². The van der Waals surface area contributed by atoms with Crippen LogP contribution in [0.2, 0.25) is 0 Å². The normalized spacial score (nSPS) is 32.2. The minimum Gasteiger partial charge on any atom is -0.304 e. The maximum atomic E-state index is 4.62. The molecule has 2 aliphatic rings. The molecule has 0 radical (unpaired) electrons. The van der Waals surface area contributed by atoms with Crippen LogP contribution in [-0.4, -0.2) is 60.0 Å². The summed E-state index contributed by atoms with van der Waals surface area (Å²) in [5.41, 5.74) is 0. The smallest absolute Gasteiger partial charge is 0.112 e. The molecule has 0 aromatic carbocycles. The molecule has 0 saturated carbocycles. The molecule has 1 saturated heterocycles. The summed E-state index contributed by atoms with van der Waals surface area (Å²) < 4.78 is 0. The van der Waals surface area contributed by atoms with E-state index in [-0.39, 0.29) is 0 Å². The highest BCUT2D eigenvalue weighted by molar-refractivity contribution is 8.14. The lowest BCUT2D eigenvalue weighted by Gasteiger charge is -2.34. The number of piperazine rings is 1. The lowest BCUT2D eigenvalue weighted by molar-refractivity contribution is 0.125. The van der Waals surface area contributed by atoms with Crippen molar-refractivity contribution in [1.29, 1.82) is 0 Å². The Morgan fingerprint density at radius 1 is 1.31 bits per heavy atom. The molecule has 0 amide bonds. The van der Waals surface area contributed by atoms with Crippen molar-refractivity contribution in [2.24, 2.45) is 4.99 Å². The van der Waals surface area contributed by atoms with Crippen molar-refractivity contribution in [2.45, 2.75) is 13.1 Å². The fraction of sp³-hybridized carbons (Fsp3) is 0.889. The van der Waals surface area contributed by atoms with Gasteiger partial charge < -0.3 is 4.90 Å². The minimum atomic E-state index is 0.471. The van der Waals surface area contributed by atoms with Crippen molar-refractivity contribution in [3.8, 4) is 0 Å². The highest BCUT2D eigenvalue weighted by Crippen LogP contribution is 2.21. The third-order valence-electron chi connectivity index (χ3n) is 2.73. The monoisotopic (exact) mass is 199 g/mol. The van der Waals surface area contributed by atoms with Crippen molar-refractivity contribution in [3.05, 3.63) is 0 Å². The number of thioether (sulfide) groups is 1. The number of hydrogen-bond acceptors (Lipinski definition) is 4. The van der Waals surface area contributed by atoms with E-state index in [1.54, 1.807) is 0 Å². The second-order valence-electron chi connectivity index (χ2n) is 3.78. The predicted octanol–water partition coefficient (Wildman–Crippen LogP) is 0.725. The largest absolute Gasteiger partial charge is 0.304 e. The molecular weight excluding hydrogens is 182 g/mol. The van der Waals surface area contributed by atoms with E-state index in [0.717, 1.165) is 5.75 Å². The molecule has 13 heavy (non-hydrogen) atoms. The standard InChI is InChI=1S/C9H17N3S/c1-8-10-9(7-13-8)12-5-3-11(2)4-6-12/h9H,3-7H2,1-2H3. The average molecular weight is 199 g/mol. The van der Waals surface area contributed by atoms with Crippen LogP contribution in [0.5, 0.6) is 0 Å². The average Bonchev–Trinajstić information content (AvgIpc) is 2.53. The van der Waals surface area contributed by atoms with E-state index >= 15 is 0 Å². The number of rotatable bonds is 1. The zero-order valence-electron chi connectivity index (χ0n) is 8.36. The molecule has 0 N–H and O–H groups in total. The summed E-state index contributed by atoms with van der Waals surface area (Å²) in [5, 5.41) is 1.25. The van der Waals surface area contributed by atoms with Gasteiger partial charge in [-0.2, -0.15) is 0 Å². The van der Waals surface area contributed by atoms with Crippen LogP contribution in [0.1, 0.15) is 6.92 Å². The summed E-state index contributed by atoms with van der Waals surface area (Å²) in [5.74, 6) is 1.16. The molecular formula is C9H17N3S. The molecule has 4 heteroatoms. The maximum Gasteiger partial charge on any atom is 0.112 e. The van der Waals surface area contributed by atoms with Gasteiger partial charge in [-0.1, -0.05) is 0 Å². The molecule has 0 aromatic heterocycles. The summed E-state index contributed by atoms with van der Waals surface area (Å²) in [6.45, 7) is 6.85. The molecule has 74 valence electrons. The van der Waals surface area contributed by atoms with Gasteiger partial charge in [0.2, 0.25) is 0 Å². The van der Waals surface area contributed by atoms with Gasteiger partial charge in [0.25, 0.3) is 0 Å². The van der Waals surface area contributed by atoms with Crippen LogP contribution in [0.25, 0.3) is 0 Å². The Bertz CT molecular complexity index is 209. The van der Waals surface area contributed by atoms with Crippen LogP contribution in [0.4, 0.5) is 0 Å². The molecule has 0 aliphatic carbocycles. The Labute approximate surface area is 84.2 Å². The van der Waals surface area contributed by atoms with Gasteiger partial charge in [-0.05, 0) is 14.0 Å². The van der Waals surface area contributed by atoms with Gasteiger partial charge in [-0.3, -0.25) is 9.89 Å². The van der Waals surface area contributed by atoms with E-state index in [2.05, 4.69) is 28.8 Å². The summed E-state index contributed by atoms with van der Waals surface area (Å²) in [4.78, 5) is 9.51. The van der Waals surface area contributed by atoms with Crippen molar-refractivity contribution in [3.63, 3.8) is 0 Å². The van der Waals surface area contributed by atoms with E-state index < -0.39 is 0 Å². The van der Waals surface area contributed by atoms with Gasteiger partial charge in [-0.15, -0.1) is 11.8 Å². The van der Waals surface area contributed by atoms with Crippen LogP contribution in [0, 0.1) is 0 Å². The van der Waals surface area contributed by atoms with Gasteiger partial charge in [0.15, 0.2) is 0 Å². The Kier molecular flexibility index (Phi) is 2.91. The van der Waals surface area contributed by atoms with Crippen molar-refractivity contribution in [2.75, 3.05) is 39.0 Å². The van der Waals surface area contributed by atoms with E-state index in [1.165, 1.54) is 31.2 Å². The molecule has 3 nitrogen and oxygen atoms in total. The fourth-order valence-corrected chi connectivity index (χ4v) is 2.66. The van der Waals surface area contributed by atoms with Crippen molar-refractivity contribution < 1.29 is 0 Å². The first kappa shape index (κ1) is 9.49. The first-order valence-corrected chi connectivity index (χ1v) is 5.84. The Balaban J connectivity index is 1.88. The molecule has 2 aliphatic heterocycles. The van der Waals surface area contributed by atoms with E-state index in [1.807, 2.05) is 11.8 Å². The first-order chi connectivity index (χ1) is 6.25. The minimum absolute atomic E-state index is 0.471. The summed E-state index contributed by atoms with van der Waals surface area (Å²) in [6.07, 6.45) is 0.471. The van der Waals surface area contributed by atoms with Gasteiger partial charge >= 0.3 is 0 Å². The highest BCUT2D eigenvalue weighted by Gasteiger charge is 2.25. The van der Waals surface area contributed by atoms with Crippen molar-refractivity contribution in [1.82, 2.24) is 9.80 Å². The molecule has 2 rings (SSSR count). The number of hydrogen-bond donors (Lipinski definition) is 0. The van der Waals surface area contributed by atoms with Gasteiger partial charge in [0.1, 0.15) is 6.17 Å². The number of aliphatic imine (C=N–C) groups is 1. The second-order valence-corrected chi connectivity index (χ2v) is 4.99. The van der Waals surface area contributed by atoms with Crippen LogP contribution in [0.15, 0.2) is 4.99 Å². The fourth-order valence-electron chi connectivity index (χ4n) is 1.79. The van der Waals surface area contributed by atoms with E-state index in [0.29, 0.717) is 6.17 Å². The molecule has 0 spiro atoms. The van der Waals surface area contributed by atoms with Gasteiger partial charge in [0, 0.05) is 31.9 Å². The van der Waals surface area contributed by atoms with Crippen LogP contribution >= 0.6 is 11.8 Å². The summed E-state index contributed by atoms with van der Waals surface area (Å²) in [6, 6.07) is 0. The second kappa shape index (κ2) is 3.98. The highest BCUT2D eigenvalue weighted by atomic mass is 32.2. The Morgan fingerprint density at radius 2 is 2.00 bits per heavy atom. The van der Waals surface area contributed by atoms with Crippen molar-refractivity contribution >= 4 is 16.8 Å². The molecule has 1 fully saturated rings. The maximum absolute atomic E-state index is 4.62. The number of likely N-dealkylation sites (N-methyl/N-ethyl adjacent to an activating group) is 1. The topological polar surface area (TPSA) is 18.8 Å². The summed E-state index contributed by atoms with van der Waals surface area (Å²) >= 11 is 1.89. The van der Waals surface area contributed by atoms with Crippen LogP contribution < -0.4 is 0 Å². The zero-order valence-corrected chi connectivity index (χ0v) is 9.18. The zero-order chi connectivity index (χ0) is 9.26. The first-order valence-electron chi connectivity index (χ1n) is 4.85. The molecule has 0 bridgehead atoms. The van der Waals surface area contributed by atoms with Crippen LogP contribution in [-0.2, 0) is 0 Å². The molecule has 2 heterocycles. The lowest BCUT2D eigenvalue weighted by Crippen LogP contribution is -2.48. The molecule has 1 atom stereocenters. The third kappa shape index (κ3) is 2.24. The van der Waals surface area contributed by atoms with Gasteiger partial charge in [0.05, 0.1) is 5.04 Å².